The average molecular weight is 280 g/mol. The molecule has 102 valence electrons. The Kier molecular flexibility index (Phi) is 4.10. The van der Waals surface area contributed by atoms with Crippen LogP contribution < -0.4 is 0 Å². The number of halogens is 3. The maximum atomic E-state index is 12.6. The highest BCUT2D eigenvalue weighted by atomic mass is 32.2. The van der Waals surface area contributed by atoms with Crippen LogP contribution in [0.3, 0.4) is 0 Å². The lowest BCUT2D eigenvalue weighted by molar-refractivity contribution is -0.137. The number of hydrogen-bond acceptors (Lipinski definition) is 2. The fourth-order valence-corrected chi connectivity index (χ4v) is 2.89. The van der Waals surface area contributed by atoms with Gasteiger partial charge in [-0.3, -0.25) is 0 Å². The van der Waals surface area contributed by atoms with Crippen LogP contribution in [0, 0.1) is 0 Å². The summed E-state index contributed by atoms with van der Waals surface area (Å²) in [5, 5.41) is 0. The number of benzene rings is 1. The first-order valence-corrected chi connectivity index (χ1v) is 7.18. The molecule has 0 aliphatic rings. The number of hydrogen-bond donors (Lipinski definition) is 0. The normalized spacial score (nSPS) is 13.1. The zero-order valence-electron chi connectivity index (χ0n) is 10.4. The van der Waals surface area contributed by atoms with Crippen molar-refractivity contribution in [1.29, 1.82) is 0 Å². The highest BCUT2D eigenvalue weighted by Crippen LogP contribution is 2.34. The van der Waals surface area contributed by atoms with Gasteiger partial charge in [0.25, 0.3) is 0 Å². The van der Waals surface area contributed by atoms with E-state index in [0.717, 1.165) is 12.1 Å². The van der Waals surface area contributed by atoms with Gasteiger partial charge in [-0.25, -0.2) is 8.42 Å². The van der Waals surface area contributed by atoms with Gasteiger partial charge in [0.15, 0.2) is 9.84 Å². The van der Waals surface area contributed by atoms with E-state index in [1.54, 1.807) is 13.8 Å². The first-order valence-electron chi connectivity index (χ1n) is 5.53. The Hall–Kier alpha value is -1.04. The topological polar surface area (TPSA) is 34.1 Å². The molecule has 0 saturated heterocycles. The van der Waals surface area contributed by atoms with Crippen molar-refractivity contribution in [2.24, 2.45) is 0 Å². The van der Waals surface area contributed by atoms with E-state index >= 15 is 0 Å². The SMILES string of the molecule is CCS(=O)(=O)c1cc(C(F)(F)F)ccc1C(C)C. The van der Waals surface area contributed by atoms with Crippen molar-refractivity contribution in [1.82, 2.24) is 0 Å². The van der Waals surface area contributed by atoms with E-state index in [2.05, 4.69) is 0 Å². The van der Waals surface area contributed by atoms with Gasteiger partial charge in [0.2, 0.25) is 0 Å². The van der Waals surface area contributed by atoms with Gasteiger partial charge in [-0.2, -0.15) is 13.2 Å². The minimum atomic E-state index is -4.53. The third-order valence-corrected chi connectivity index (χ3v) is 4.46. The van der Waals surface area contributed by atoms with Crippen LogP contribution in [-0.4, -0.2) is 14.2 Å². The Morgan fingerprint density at radius 3 is 2.17 bits per heavy atom. The van der Waals surface area contributed by atoms with Crippen LogP contribution in [0.4, 0.5) is 13.2 Å². The van der Waals surface area contributed by atoms with Gasteiger partial charge < -0.3 is 0 Å². The molecular weight excluding hydrogens is 265 g/mol. The second kappa shape index (κ2) is 4.91. The monoisotopic (exact) mass is 280 g/mol. The Balaban J connectivity index is 3.53. The third kappa shape index (κ3) is 3.04. The number of rotatable bonds is 3. The lowest BCUT2D eigenvalue weighted by Crippen LogP contribution is -2.12. The molecule has 1 rings (SSSR count). The lowest BCUT2D eigenvalue weighted by Gasteiger charge is -2.15. The molecule has 1 aromatic rings. The Morgan fingerprint density at radius 1 is 1.22 bits per heavy atom. The molecule has 18 heavy (non-hydrogen) atoms. The predicted molar refractivity (Wildman–Crippen MR) is 63.3 cm³/mol. The Bertz CT molecular complexity index is 531. The van der Waals surface area contributed by atoms with E-state index in [0.29, 0.717) is 5.56 Å². The van der Waals surface area contributed by atoms with Gasteiger partial charge in [-0.15, -0.1) is 0 Å². The minimum absolute atomic E-state index is 0.149. The molecule has 2 nitrogen and oxygen atoms in total. The van der Waals surface area contributed by atoms with Gasteiger partial charge >= 0.3 is 6.18 Å². The van der Waals surface area contributed by atoms with Crippen molar-refractivity contribution in [2.75, 3.05) is 5.75 Å². The third-order valence-electron chi connectivity index (χ3n) is 2.68. The average Bonchev–Trinajstić information content (AvgIpc) is 2.27. The summed E-state index contributed by atoms with van der Waals surface area (Å²) in [6.07, 6.45) is -4.53. The maximum Gasteiger partial charge on any atom is 0.416 e. The summed E-state index contributed by atoms with van der Waals surface area (Å²) < 4.78 is 61.5. The van der Waals surface area contributed by atoms with Crippen LogP contribution in [0.1, 0.15) is 37.8 Å². The van der Waals surface area contributed by atoms with Gasteiger partial charge in [0.1, 0.15) is 0 Å². The van der Waals surface area contributed by atoms with E-state index in [9.17, 15) is 21.6 Å². The molecule has 0 heterocycles. The molecule has 0 aliphatic carbocycles. The van der Waals surface area contributed by atoms with Crippen molar-refractivity contribution in [3.63, 3.8) is 0 Å². The number of alkyl halides is 3. The number of sulfone groups is 1. The van der Waals surface area contributed by atoms with Crippen molar-refractivity contribution in [3.8, 4) is 0 Å². The summed E-state index contributed by atoms with van der Waals surface area (Å²) in [6, 6.07) is 2.90. The first kappa shape index (κ1) is 15.0. The van der Waals surface area contributed by atoms with E-state index in [-0.39, 0.29) is 16.6 Å². The minimum Gasteiger partial charge on any atom is -0.224 e. The molecule has 0 fully saturated rings. The van der Waals surface area contributed by atoms with Crippen molar-refractivity contribution in [2.45, 2.75) is 37.8 Å². The van der Waals surface area contributed by atoms with E-state index in [4.69, 9.17) is 0 Å². The van der Waals surface area contributed by atoms with Gasteiger partial charge in [-0.05, 0) is 23.6 Å². The molecule has 0 amide bonds. The smallest absolute Gasteiger partial charge is 0.224 e. The molecule has 0 spiro atoms. The van der Waals surface area contributed by atoms with Crippen molar-refractivity contribution < 1.29 is 21.6 Å². The summed E-state index contributed by atoms with van der Waals surface area (Å²) in [6.45, 7) is 4.91. The Morgan fingerprint density at radius 2 is 1.78 bits per heavy atom. The molecule has 0 aliphatic heterocycles. The van der Waals surface area contributed by atoms with Crippen molar-refractivity contribution >= 4 is 9.84 Å². The summed E-state index contributed by atoms with van der Waals surface area (Å²) in [5.74, 6) is -0.364. The van der Waals surface area contributed by atoms with Gasteiger partial charge in [0, 0.05) is 0 Å². The standard InChI is InChI=1S/C12H15F3O2S/c1-4-18(16,17)11-7-9(12(13,14)15)5-6-10(11)8(2)3/h5-8H,4H2,1-3H3. The van der Waals surface area contributed by atoms with Crippen LogP contribution in [0.2, 0.25) is 0 Å². The highest BCUT2D eigenvalue weighted by molar-refractivity contribution is 7.91. The molecule has 0 aromatic heterocycles. The van der Waals surface area contributed by atoms with Crippen LogP contribution in [0.15, 0.2) is 23.1 Å². The second-order valence-corrected chi connectivity index (χ2v) is 6.56. The molecule has 0 saturated carbocycles. The van der Waals surface area contributed by atoms with Gasteiger partial charge in [-0.1, -0.05) is 26.8 Å². The lowest BCUT2D eigenvalue weighted by atomic mass is 10.0. The van der Waals surface area contributed by atoms with Crippen LogP contribution >= 0.6 is 0 Å². The molecule has 0 radical (unpaired) electrons. The quantitative estimate of drug-likeness (QED) is 0.847. The molecular formula is C12H15F3O2S. The molecule has 0 atom stereocenters. The van der Waals surface area contributed by atoms with Crippen LogP contribution in [0.5, 0.6) is 0 Å². The van der Waals surface area contributed by atoms with E-state index < -0.39 is 21.6 Å². The van der Waals surface area contributed by atoms with Crippen molar-refractivity contribution in [3.05, 3.63) is 29.3 Å². The summed E-state index contributed by atoms with van der Waals surface area (Å²) in [4.78, 5) is -0.213. The molecule has 1 aromatic carbocycles. The molecule has 0 bridgehead atoms. The summed E-state index contributed by atoms with van der Waals surface area (Å²) in [7, 11) is -3.66. The Labute approximate surface area is 105 Å². The largest absolute Gasteiger partial charge is 0.416 e. The first-order chi connectivity index (χ1) is 8.09. The summed E-state index contributed by atoms with van der Waals surface area (Å²) in [5.41, 5.74) is -0.510. The molecule has 6 heteroatoms. The zero-order valence-corrected chi connectivity index (χ0v) is 11.2. The van der Waals surface area contributed by atoms with E-state index in [1.807, 2.05) is 0 Å². The van der Waals surface area contributed by atoms with E-state index in [1.165, 1.54) is 13.0 Å². The van der Waals surface area contributed by atoms with Crippen LogP contribution in [-0.2, 0) is 16.0 Å². The zero-order chi connectivity index (χ0) is 14.1. The summed E-state index contributed by atoms with van der Waals surface area (Å²) >= 11 is 0. The fourth-order valence-electron chi connectivity index (χ4n) is 1.61. The predicted octanol–water partition coefficient (Wildman–Crippen LogP) is 3.62. The maximum absolute atomic E-state index is 12.6. The molecule has 0 unspecified atom stereocenters. The highest BCUT2D eigenvalue weighted by Gasteiger charge is 2.32. The molecule has 0 N–H and O–H groups in total. The second-order valence-electron chi connectivity index (χ2n) is 4.31. The van der Waals surface area contributed by atoms with Crippen LogP contribution in [0.25, 0.3) is 0 Å². The van der Waals surface area contributed by atoms with Gasteiger partial charge in [0.05, 0.1) is 16.2 Å². The fraction of sp³-hybridized carbons (Fsp3) is 0.500.